The lowest BCUT2D eigenvalue weighted by molar-refractivity contribution is 0.262. The predicted octanol–water partition coefficient (Wildman–Crippen LogP) is 3.92. The Hall–Kier alpha value is -2.43. The van der Waals surface area contributed by atoms with Gasteiger partial charge in [-0.05, 0) is 42.8 Å². The Morgan fingerprint density at radius 3 is 2.37 bits per heavy atom. The quantitative estimate of drug-likeness (QED) is 0.846. The van der Waals surface area contributed by atoms with E-state index in [4.69, 9.17) is 0 Å². The summed E-state index contributed by atoms with van der Waals surface area (Å²) >= 11 is 0. The lowest BCUT2D eigenvalue weighted by atomic mass is 10.2. The summed E-state index contributed by atoms with van der Waals surface area (Å²) in [6, 6.07) is 9.42. The molecule has 0 aliphatic heterocycles. The van der Waals surface area contributed by atoms with Crippen LogP contribution in [0.5, 0.6) is 0 Å². The van der Waals surface area contributed by atoms with Gasteiger partial charge in [-0.25, -0.2) is 13.6 Å². The first-order valence-electron chi connectivity index (χ1n) is 5.65. The van der Waals surface area contributed by atoms with Crippen molar-refractivity contribution in [3.63, 3.8) is 0 Å². The second-order valence-electron chi connectivity index (χ2n) is 4.02. The fourth-order valence-electron chi connectivity index (χ4n) is 1.56. The number of carbonyl (C=O) groups is 1. The highest BCUT2D eigenvalue weighted by Gasteiger charge is 2.08. The number of anilines is 2. The minimum absolute atomic E-state index is 0.0969. The summed E-state index contributed by atoms with van der Waals surface area (Å²) in [4.78, 5) is 11.6. The molecule has 0 aromatic heterocycles. The molecule has 0 aliphatic carbocycles. The number of rotatable bonds is 2. The number of benzene rings is 2. The van der Waals surface area contributed by atoms with Gasteiger partial charge in [0.05, 0.1) is 5.69 Å². The van der Waals surface area contributed by atoms with E-state index in [9.17, 15) is 13.6 Å². The van der Waals surface area contributed by atoms with Crippen molar-refractivity contribution in [3.05, 3.63) is 59.7 Å². The maximum atomic E-state index is 13.7. The minimum atomic E-state index is -0.587. The van der Waals surface area contributed by atoms with Gasteiger partial charge in [0.2, 0.25) is 0 Å². The molecule has 0 spiro atoms. The molecule has 98 valence electrons. The van der Waals surface area contributed by atoms with Crippen molar-refractivity contribution in [1.29, 1.82) is 0 Å². The van der Waals surface area contributed by atoms with E-state index >= 15 is 0 Å². The molecule has 2 aromatic carbocycles. The number of hydrogen-bond acceptors (Lipinski definition) is 1. The van der Waals surface area contributed by atoms with Crippen LogP contribution in [0, 0.1) is 18.6 Å². The molecule has 0 fully saturated rings. The van der Waals surface area contributed by atoms with E-state index in [-0.39, 0.29) is 5.69 Å². The monoisotopic (exact) mass is 262 g/mol. The van der Waals surface area contributed by atoms with E-state index in [2.05, 4.69) is 10.6 Å². The fourth-order valence-corrected chi connectivity index (χ4v) is 1.56. The third kappa shape index (κ3) is 3.28. The Kier molecular flexibility index (Phi) is 3.75. The molecule has 2 aromatic rings. The van der Waals surface area contributed by atoms with Crippen LogP contribution in [0.15, 0.2) is 42.5 Å². The summed E-state index contributed by atoms with van der Waals surface area (Å²) in [5.41, 5.74) is 0.964. The first-order chi connectivity index (χ1) is 9.06. The molecule has 0 radical (unpaired) electrons. The van der Waals surface area contributed by atoms with Crippen molar-refractivity contribution in [2.75, 3.05) is 10.6 Å². The number of aryl methyl sites for hydroxylation is 1. The number of urea groups is 1. The maximum absolute atomic E-state index is 13.7. The van der Waals surface area contributed by atoms with Crippen LogP contribution in [0.1, 0.15) is 5.56 Å². The third-order valence-corrected chi connectivity index (χ3v) is 2.54. The van der Waals surface area contributed by atoms with Gasteiger partial charge in [0.15, 0.2) is 0 Å². The summed E-state index contributed by atoms with van der Waals surface area (Å²) in [7, 11) is 0. The van der Waals surface area contributed by atoms with E-state index < -0.39 is 17.7 Å². The molecule has 0 atom stereocenters. The van der Waals surface area contributed by atoms with Gasteiger partial charge in [-0.15, -0.1) is 0 Å². The van der Waals surface area contributed by atoms with Gasteiger partial charge in [-0.3, -0.25) is 0 Å². The average molecular weight is 262 g/mol. The van der Waals surface area contributed by atoms with Crippen LogP contribution in [0.4, 0.5) is 25.0 Å². The highest BCUT2D eigenvalue weighted by atomic mass is 19.1. The second kappa shape index (κ2) is 5.48. The van der Waals surface area contributed by atoms with E-state index in [1.807, 2.05) is 0 Å². The smallest absolute Gasteiger partial charge is 0.308 e. The number of carbonyl (C=O) groups excluding carboxylic acids is 1. The third-order valence-electron chi connectivity index (χ3n) is 2.54. The van der Waals surface area contributed by atoms with Gasteiger partial charge in [-0.2, -0.15) is 0 Å². The van der Waals surface area contributed by atoms with Crippen molar-refractivity contribution in [1.82, 2.24) is 0 Å². The van der Waals surface area contributed by atoms with Crippen molar-refractivity contribution in [2.24, 2.45) is 0 Å². The van der Waals surface area contributed by atoms with Crippen molar-refractivity contribution >= 4 is 17.4 Å². The van der Waals surface area contributed by atoms with E-state index in [1.165, 1.54) is 30.3 Å². The lowest BCUT2D eigenvalue weighted by Crippen LogP contribution is -2.20. The molecule has 0 heterocycles. The molecular formula is C14H12F2N2O. The molecule has 0 unspecified atom stereocenters. The molecule has 2 N–H and O–H groups in total. The molecule has 0 aliphatic rings. The SMILES string of the molecule is Cc1cccc(NC(=O)Nc2ccc(F)cc2)c1F. The van der Waals surface area contributed by atoms with Gasteiger partial charge >= 0.3 is 6.03 Å². The van der Waals surface area contributed by atoms with Gasteiger partial charge in [0.25, 0.3) is 0 Å². The number of nitrogens with one attached hydrogen (secondary N) is 2. The fraction of sp³-hybridized carbons (Fsp3) is 0.0714. The summed E-state index contributed by atoms with van der Waals surface area (Å²) in [5.74, 6) is -0.868. The van der Waals surface area contributed by atoms with Crippen LogP contribution in [-0.4, -0.2) is 6.03 Å². The van der Waals surface area contributed by atoms with E-state index in [1.54, 1.807) is 19.1 Å². The first kappa shape index (κ1) is 13.0. The van der Waals surface area contributed by atoms with Gasteiger partial charge in [-0.1, -0.05) is 12.1 Å². The van der Waals surface area contributed by atoms with Crippen LogP contribution in [-0.2, 0) is 0 Å². The highest BCUT2D eigenvalue weighted by molar-refractivity contribution is 5.99. The van der Waals surface area contributed by atoms with Crippen molar-refractivity contribution in [2.45, 2.75) is 6.92 Å². The maximum Gasteiger partial charge on any atom is 0.323 e. The number of hydrogen-bond donors (Lipinski definition) is 2. The summed E-state index contributed by atoms with van der Waals surface area (Å²) in [6.07, 6.45) is 0. The zero-order valence-corrected chi connectivity index (χ0v) is 10.2. The van der Waals surface area contributed by atoms with Crippen LogP contribution >= 0.6 is 0 Å². The zero-order valence-electron chi connectivity index (χ0n) is 10.2. The molecule has 2 amide bonds. The molecule has 0 saturated carbocycles. The summed E-state index contributed by atoms with van der Waals surface area (Å²) < 4.78 is 26.4. The number of halogens is 2. The molecule has 3 nitrogen and oxygen atoms in total. The minimum Gasteiger partial charge on any atom is -0.308 e. The van der Waals surface area contributed by atoms with Crippen LogP contribution in [0.25, 0.3) is 0 Å². The Morgan fingerprint density at radius 1 is 1.00 bits per heavy atom. The normalized spacial score (nSPS) is 10.1. The van der Waals surface area contributed by atoms with Crippen LogP contribution in [0.3, 0.4) is 0 Å². The van der Waals surface area contributed by atoms with E-state index in [0.717, 1.165) is 0 Å². The first-order valence-corrected chi connectivity index (χ1v) is 5.65. The lowest BCUT2D eigenvalue weighted by Gasteiger charge is -2.09. The van der Waals surface area contributed by atoms with Crippen LogP contribution < -0.4 is 10.6 Å². The molecule has 0 bridgehead atoms. The van der Waals surface area contributed by atoms with Crippen molar-refractivity contribution in [3.8, 4) is 0 Å². The molecule has 2 rings (SSSR count). The Labute approximate surface area is 109 Å². The molecular weight excluding hydrogens is 250 g/mol. The standard InChI is InChI=1S/C14H12F2N2O/c1-9-3-2-4-12(13(9)16)18-14(19)17-11-7-5-10(15)6-8-11/h2-8H,1H3,(H2,17,18,19). The second-order valence-corrected chi connectivity index (χ2v) is 4.02. The van der Waals surface area contributed by atoms with Gasteiger partial charge < -0.3 is 10.6 Å². The Bertz CT molecular complexity index is 597. The number of amides is 2. The average Bonchev–Trinajstić information content (AvgIpc) is 2.38. The van der Waals surface area contributed by atoms with E-state index in [0.29, 0.717) is 11.3 Å². The van der Waals surface area contributed by atoms with Crippen LogP contribution in [0.2, 0.25) is 0 Å². The molecule has 19 heavy (non-hydrogen) atoms. The van der Waals surface area contributed by atoms with Crippen molar-refractivity contribution < 1.29 is 13.6 Å². The zero-order chi connectivity index (χ0) is 13.8. The summed E-state index contributed by atoms with van der Waals surface area (Å²) in [6.45, 7) is 1.61. The molecule has 0 saturated heterocycles. The Morgan fingerprint density at radius 2 is 1.68 bits per heavy atom. The summed E-state index contributed by atoms with van der Waals surface area (Å²) in [5, 5.41) is 4.88. The predicted molar refractivity (Wildman–Crippen MR) is 70.2 cm³/mol. The molecule has 5 heteroatoms. The highest BCUT2D eigenvalue weighted by Crippen LogP contribution is 2.17. The Balaban J connectivity index is 2.05. The largest absolute Gasteiger partial charge is 0.323 e. The van der Waals surface area contributed by atoms with Gasteiger partial charge in [0.1, 0.15) is 11.6 Å². The topological polar surface area (TPSA) is 41.1 Å². The van der Waals surface area contributed by atoms with Gasteiger partial charge in [0, 0.05) is 5.69 Å².